The Balaban J connectivity index is 0.000000146. The van der Waals surface area contributed by atoms with Gasteiger partial charge in [-0.3, -0.25) is 29.3 Å². The number of carbonyl (C=O) groups is 3. The number of carbonyl (C=O) groups excluding carboxylic acids is 3. The molecule has 0 spiro atoms. The summed E-state index contributed by atoms with van der Waals surface area (Å²) >= 11 is 0. The number of halogens is 3. The van der Waals surface area contributed by atoms with Crippen molar-refractivity contribution in [3.63, 3.8) is 0 Å². The summed E-state index contributed by atoms with van der Waals surface area (Å²) in [5.74, 6) is -1.39. The van der Waals surface area contributed by atoms with Crippen LogP contribution in [-0.4, -0.2) is 72.2 Å². The van der Waals surface area contributed by atoms with Crippen LogP contribution < -0.4 is 38.9 Å². The van der Waals surface area contributed by atoms with Crippen molar-refractivity contribution in [3.05, 3.63) is 321 Å². The van der Waals surface area contributed by atoms with Gasteiger partial charge in [0.15, 0.2) is 0 Å². The van der Waals surface area contributed by atoms with Crippen molar-refractivity contribution in [1.29, 1.82) is 0 Å². The molecule has 111 heavy (non-hydrogen) atoms. The van der Waals surface area contributed by atoms with E-state index in [4.69, 9.17) is 22.9 Å². The lowest BCUT2D eigenvalue weighted by Gasteiger charge is -2.30. The topological polar surface area (TPSA) is 324 Å². The van der Waals surface area contributed by atoms with Crippen LogP contribution in [0.3, 0.4) is 0 Å². The Morgan fingerprint density at radius 1 is 0.423 bits per heavy atom. The Labute approximate surface area is 642 Å². The number of nitrogens with one attached hydrogen (secondary N) is 3. The maximum Gasteiger partial charge on any atom is 0.274 e. The van der Waals surface area contributed by atoms with Crippen molar-refractivity contribution in [2.24, 2.45) is 40.7 Å². The first-order chi connectivity index (χ1) is 53.6. The van der Waals surface area contributed by atoms with E-state index in [1.165, 1.54) is 52.5 Å². The monoisotopic (exact) mass is 1500 g/mol. The van der Waals surface area contributed by atoms with E-state index < -0.39 is 51.9 Å². The van der Waals surface area contributed by atoms with Gasteiger partial charge >= 0.3 is 0 Å². The minimum absolute atomic E-state index is 0.0163. The predicted molar refractivity (Wildman–Crippen MR) is 421 cm³/mol. The third kappa shape index (κ3) is 18.5. The molecule has 6 heterocycles. The molecule has 6 aromatic carbocycles. The SMILES string of the molecule is Cc1cc(C(=O)Nc2cc(C(N)(CCC3CC3)c3ccccn3)ccc2F)n(-c2cccc(CN)c2)n1.Cc1cc(C(=O)Nc2cc(C(O)(CCC3CC3)c3ccccn3)ccc2F)n(-c2cccc(CN)c2)n1.Cc1cc(C(=O)Nc2cc(C(O)(CCC3CC3)c3cccnc3)ccc2F)n(-c2cccc(CN)c2)n1. The molecule has 15 rings (SSSR count). The second-order valence-electron chi connectivity index (χ2n) is 29.1. The van der Waals surface area contributed by atoms with Gasteiger partial charge in [-0.2, -0.15) is 15.3 Å². The van der Waals surface area contributed by atoms with Gasteiger partial charge in [0, 0.05) is 50.0 Å². The largest absolute Gasteiger partial charge is 0.380 e. The molecule has 570 valence electrons. The molecule has 0 saturated heterocycles. The summed E-state index contributed by atoms with van der Waals surface area (Å²) in [6, 6.07) is 55.2. The van der Waals surface area contributed by atoms with Gasteiger partial charge in [0.2, 0.25) is 0 Å². The first-order valence-corrected chi connectivity index (χ1v) is 37.5. The highest BCUT2D eigenvalue weighted by atomic mass is 19.1. The number of amides is 3. The number of aromatic nitrogens is 9. The van der Waals surface area contributed by atoms with Crippen LogP contribution in [0.1, 0.15) is 176 Å². The number of pyridine rings is 3. The van der Waals surface area contributed by atoms with Crippen LogP contribution in [0.25, 0.3) is 17.1 Å². The lowest BCUT2D eigenvalue weighted by Crippen LogP contribution is -2.39. The normalized spacial score (nSPS) is 14.8. The quantitative estimate of drug-likeness (QED) is 0.0231. The molecule has 0 aliphatic heterocycles. The summed E-state index contributed by atoms with van der Waals surface area (Å²) in [5.41, 5.74) is 31.7. The molecule has 3 aliphatic rings. The average molecular weight is 1500 g/mol. The maximum absolute atomic E-state index is 15.0. The van der Waals surface area contributed by atoms with E-state index in [-0.39, 0.29) is 34.1 Å². The summed E-state index contributed by atoms with van der Waals surface area (Å²) in [7, 11) is 0. The van der Waals surface area contributed by atoms with E-state index in [1.54, 1.807) is 111 Å². The van der Waals surface area contributed by atoms with Gasteiger partial charge in [-0.05, 0) is 232 Å². The number of hydrogen-bond donors (Lipinski definition) is 9. The number of benzene rings is 6. The second kappa shape index (κ2) is 34.1. The van der Waals surface area contributed by atoms with E-state index in [0.717, 1.165) is 61.6 Å². The van der Waals surface area contributed by atoms with Crippen LogP contribution in [-0.2, 0) is 36.4 Å². The number of aliphatic hydroxyl groups is 2. The molecule has 6 aromatic heterocycles. The molecule has 12 aromatic rings. The number of hydrogen-bond acceptors (Lipinski definition) is 15. The smallest absolute Gasteiger partial charge is 0.274 e. The first-order valence-electron chi connectivity index (χ1n) is 37.5. The number of anilines is 3. The fraction of sp³-hybridized carbons (Fsp3) is 0.276. The molecule has 3 fully saturated rings. The third-order valence-corrected chi connectivity index (χ3v) is 20.7. The number of aryl methyl sites for hydroxylation is 3. The van der Waals surface area contributed by atoms with Gasteiger partial charge in [-0.25, -0.2) is 27.2 Å². The van der Waals surface area contributed by atoms with E-state index in [1.807, 2.05) is 103 Å². The van der Waals surface area contributed by atoms with Crippen LogP contribution in [0.4, 0.5) is 30.2 Å². The first kappa shape index (κ1) is 77.5. The number of nitrogens with two attached hydrogens (primary N) is 4. The lowest BCUT2D eigenvalue weighted by atomic mass is 9.82. The van der Waals surface area contributed by atoms with Crippen LogP contribution >= 0.6 is 0 Å². The average Bonchev–Trinajstić information content (AvgIpc) is 1.65. The molecule has 0 radical (unpaired) electrons. The van der Waals surface area contributed by atoms with E-state index in [0.29, 0.717) is 124 Å². The molecule has 3 atom stereocenters. The predicted octanol–water partition coefficient (Wildman–Crippen LogP) is 14.5. The van der Waals surface area contributed by atoms with Crippen molar-refractivity contribution in [3.8, 4) is 17.1 Å². The van der Waals surface area contributed by atoms with E-state index in [9.17, 15) is 37.8 Å². The number of rotatable bonds is 27. The van der Waals surface area contributed by atoms with E-state index in [2.05, 4.69) is 46.2 Å². The zero-order chi connectivity index (χ0) is 78.0. The summed E-state index contributed by atoms with van der Waals surface area (Å²) < 4.78 is 49.4. The zero-order valence-electron chi connectivity index (χ0n) is 62.2. The lowest BCUT2D eigenvalue weighted by molar-refractivity contribution is 0.0624. The van der Waals surface area contributed by atoms with Crippen molar-refractivity contribution < 1.29 is 37.8 Å². The highest BCUT2D eigenvalue weighted by molar-refractivity contribution is 6.05. The van der Waals surface area contributed by atoms with Crippen molar-refractivity contribution >= 4 is 34.8 Å². The summed E-state index contributed by atoms with van der Waals surface area (Å²) in [5, 5.41) is 45.2. The van der Waals surface area contributed by atoms with Gasteiger partial charge in [-0.1, -0.05) is 111 Å². The number of nitrogens with zero attached hydrogens (tertiary/aromatic N) is 9. The van der Waals surface area contributed by atoms with Gasteiger partial charge in [0.05, 0.1) is 68.1 Å². The van der Waals surface area contributed by atoms with Gasteiger partial charge < -0.3 is 49.1 Å². The third-order valence-electron chi connectivity index (χ3n) is 20.7. The molecule has 0 bridgehead atoms. The molecule has 3 unspecified atom stereocenters. The molecule has 3 aliphatic carbocycles. The Bertz CT molecular complexity index is 4770. The molecule has 3 saturated carbocycles. The molecular weight excluding hydrogens is 1410 g/mol. The second-order valence-corrected chi connectivity index (χ2v) is 29.1. The molecule has 21 nitrogen and oxygen atoms in total. The van der Waals surface area contributed by atoms with Crippen LogP contribution in [0.15, 0.2) is 219 Å². The van der Waals surface area contributed by atoms with Gasteiger partial charge in [0.1, 0.15) is 45.7 Å². The molecule has 3 amide bonds. The highest BCUT2D eigenvalue weighted by Gasteiger charge is 2.39. The van der Waals surface area contributed by atoms with Gasteiger partial charge in [0.25, 0.3) is 17.7 Å². The molecular formula is C87H91F3N16O5. The minimum Gasteiger partial charge on any atom is -0.380 e. The van der Waals surface area contributed by atoms with Crippen LogP contribution in [0.5, 0.6) is 0 Å². The van der Waals surface area contributed by atoms with E-state index >= 15 is 0 Å². The molecule has 13 N–H and O–H groups in total. The standard InChI is InChI=1S/C29H31FN6O.2C29H30FN5O2/c1-19-15-26(36(35-19)23-6-4-5-21(16-23)18-31)28(37)34-25-17-22(10-11-24(25)30)29(32,13-12-20-8-9-20)27-7-2-3-14-33-27;1-19-14-27(35(34-19)24-6-2-4-21(15-24)17-31)28(36)33-26-16-22(9-10-25(26)30)29(37,12-11-20-7-8-20)23-5-3-13-32-18-23;1-19-15-26(35(34-19)23-6-4-5-21(16-23)18-31)28(36)33-25-17-22(10-11-24(25)30)29(37,13-12-20-8-9-20)27-7-2-3-14-32-27/h2-7,10-11,14-17,20H,8-9,12-13,18,31-32H2,1H3,(H,34,37);2-6,9-10,13-16,18,20,37H,7-8,11-12,17,31H2,1H3,(H,33,36);2-7,10-11,14-17,20,37H,8-9,12-13,18,31H2,1H3,(H,33,36). The van der Waals surface area contributed by atoms with Crippen LogP contribution in [0.2, 0.25) is 0 Å². The summed E-state index contributed by atoms with van der Waals surface area (Å²) in [6.07, 6.45) is 18.0. The van der Waals surface area contributed by atoms with Crippen LogP contribution in [0, 0.1) is 56.0 Å². The van der Waals surface area contributed by atoms with Crippen molar-refractivity contribution in [1.82, 2.24) is 44.3 Å². The van der Waals surface area contributed by atoms with Gasteiger partial charge in [-0.15, -0.1) is 0 Å². The minimum atomic E-state index is -1.40. The zero-order valence-corrected chi connectivity index (χ0v) is 62.2. The maximum atomic E-state index is 15.0. The van der Waals surface area contributed by atoms with Crippen molar-refractivity contribution in [2.45, 2.75) is 134 Å². The fourth-order valence-electron chi connectivity index (χ4n) is 13.8. The Morgan fingerprint density at radius 2 is 0.802 bits per heavy atom. The summed E-state index contributed by atoms with van der Waals surface area (Å²) in [6.45, 7) is 6.45. The Kier molecular flexibility index (Phi) is 23.8. The Morgan fingerprint density at radius 3 is 1.18 bits per heavy atom. The fourth-order valence-corrected chi connectivity index (χ4v) is 13.8. The van der Waals surface area contributed by atoms with Crippen molar-refractivity contribution in [2.75, 3.05) is 16.0 Å². The Hall–Kier alpha value is -11.6. The molecule has 24 heteroatoms. The summed E-state index contributed by atoms with van der Waals surface area (Å²) in [4.78, 5) is 53.2. The highest BCUT2D eigenvalue weighted by Crippen LogP contribution is 2.45.